The topological polar surface area (TPSA) is 75.3 Å². The van der Waals surface area contributed by atoms with Crippen LogP contribution in [0.3, 0.4) is 0 Å². The Kier molecular flexibility index (Phi) is 4.01. The van der Waals surface area contributed by atoms with Crippen LogP contribution in [0.5, 0.6) is 0 Å². The fraction of sp³-hybridized carbons (Fsp3) is 0.550. The first-order chi connectivity index (χ1) is 12.3. The van der Waals surface area contributed by atoms with Crippen molar-refractivity contribution in [3.63, 3.8) is 0 Å². The molecule has 3 atom stereocenters. The zero-order valence-electron chi connectivity index (χ0n) is 15.5. The van der Waals surface area contributed by atoms with Crippen LogP contribution in [-0.4, -0.2) is 44.9 Å². The number of H-pyrrole nitrogens is 1. The number of likely N-dealkylation sites (tertiary alicyclic amines) is 1. The lowest BCUT2D eigenvalue weighted by Gasteiger charge is -2.29. The van der Waals surface area contributed by atoms with Gasteiger partial charge >= 0.3 is 5.97 Å². The highest BCUT2D eigenvalue weighted by atomic mass is 16.6. The minimum atomic E-state index is -0.568. The van der Waals surface area contributed by atoms with Crippen molar-refractivity contribution in [1.82, 2.24) is 14.9 Å². The maximum absolute atomic E-state index is 13.2. The number of aromatic nitrogens is 2. The lowest BCUT2D eigenvalue weighted by atomic mass is 9.94. The van der Waals surface area contributed by atoms with Crippen LogP contribution in [0.15, 0.2) is 24.3 Å². The molecule has 1 saturated carbocycles. The molecule has 26 heavy (non-hydrogen) atoms. The fourth-order valence-electron chi connectivity index (χ4n) is 4.37. The molecule has 4 rings (SSSR count). The maximum Gasteiger partial charge on any atom is 0.329 e. The lowest BCUT2D eigenvalue weighted by molar-refractivity contribution is -0.160. The Bertz CT molecular complexity index is 818. The summed E-state index contributed by atoms with van der Waals surface area (Å²) in [6, 6.07) is 7.04. The zero-order chi connectivity index (χ0) is 18.5. The minimum Gasteiger partial charge on any atom is -0.458 e. The van der Waals surface area contributed by atoms with E-state index in [1.807, 2.05) is 45.0 Å². The summed E-state index contributed by atoms with van der Waals surface area (Å²) in [5.74, 6) is 0.349. The number of imidazole rings is 1. The molecular formula is C20H25N3O3. The zero-order valence-corrected chi connectivity index (χ0v) is 15.5. The molecule has 0 spiro atoms. The van der Waals surface area contributed by atoms with Crippen LogP contribution in [-0.2, 0) is 9.53 Å². The second kappa shape index (κ2) is 6.11. The summed E-state index contributed by atoms with van der Waals surface area (Å²) in [6.45, 7) is 6.18. The molecule has 1 aliphatic heterocycles. The lowest BCUT2D eigenvalue weighted by Crippen LogP contribution is -2.46. The molecule has 1 N–H and O–H groups in total. The number of rotatable bonds is 2. The SMILES string of the molecule is CC(C)(C)OC(=O)[C@@H]1[C@H]2CCC[C@H]2CN1C(=O)c1nc2ccccc2[nH]1. The number of carbonyl (C=O) groups is 2. The minimum absolute atomic E-state index is 0.193. The van der Waals surface area contributed by atoms with Gasteiger partial charge in [0.1, 0.15) is 11.6 Å². The maximum atomic E-state index is 13.2. The van der Waals surface area contributed by atoms with Gasteiger partial charge in [0, 0.05) is 6.54 Å². The van der Waals surface area contributed by atoms with Gasteiger partial charge in [-0.3, -0.25) is 4.79 Å². The smallest absolute Gasteiger partial charge is 0.329 e. The number of aromatic amines is 1. The molecule has 2 fully saturated rings. The van der Waals surface area contributed by atoms with Crippen LogP contribution in [0.25, 0.3) is 11.0 Å². The predicted octanol–water partition coefficient (Wildman–Crippen LogP) is 3.15. The molecule has 0 radical (unpaired) electrons. The van der Waals surface area contributed by atoms with Gasteiger partial charge in [-0.05, 0) is 57.6 Å². The molecule has 2 aliphatic rings. The quantitative estimate of drug-likeness (QED) is 0.840. The van der Waals surface area contributed by atoms with E-state index in [4.69, 9.17) is 4.74 Å². The third-order valence-corrected chi connectivity index (χ3v) is 5.39. The second-order valence-electron chi connectivity index (χ2n) is 8.39. The number of hydrogen-bond donors (Lipinski definition) is 1. The van der Waals surface area contributed by atoms with Crippen molar-refractivity contribution < 1.29 is 14.3 Å². The standard InChI is InChI=1S/C20H25N3O3/c1-20(2,3)26-19(25)16-13-8-6-7-12(13)11-23(16)18(24)17-21-14-9-4-5-10-15(14)22-17/h4-5,9-10,12-13,16H,6-8,11H2,1-3H3,(H,21,22)/t12-,13-,16-/m0/s1. The number of fused-ring (bicyclic) bond motifs is 2. The Hall–Kier alpha value is -2.37. The van der Waals surface area contributed by atoms with Crippen molar-refractivity contribution >= 4 is 22.9 Å². The van der Waals surface area contributed by atoms with Gasteiger partial charge in [0.15, 0.2) is 5.82 Å². The number of benzene rings is 1. The monoisotopic (exact) mass is 355 g/mol. The number of ether oxygens (including phenoxy) is 1. The third kappa shape index (κ3) is 2.97. The van der Waals surface area contributed by atoms with Gasteiger partial charge in [-0.25, -0.2) is 9.78 Å². The molecule has 6 nitrogen and oxygen atoms in total. The van der Waals surface area contributed by atoms with E-state index in [2.05, 4.69) is 9.97 Å². The molecule has 1 aliphatic carbocycles. The van der Waals surface area contributed by atoms with Gasteiger partial charge in [0.25, 0.3) is 5.91 Å². The van der Waals surface area contributed by atoms with Gasteiger partial charge in [-0.2, -0.15) is 0 Å². The highest BCUT2D eigenvalue weighted by Crippen LogP contribution is 2.43. The first kappa shape index (κ1) is 17.1. The Morgan fingerprint density at radius 3 is 2.73 bits per heavy atom. The highest BCUT2D eigenvalue weighted by molar-refractivity contribution is 5.97. The normalized spacial score (nSPS) is 25.5. The van der Waals surface area contributed by atoms with Gasteiger partial charge in [0.05, 0.1) is 11.0 Å². The molecule has 1 amide bonds. The summed E-state index contributed by atoms with van der Waals surface area (Å²) in [7, 11) is 0. The Morgan fingerprint density at radius 2 is 2.00 bits per heavy atom. The second-order valence-corrected chi connectivity index (χ2v) is 8.39. The van der Waals surface area contributed by atoms with E-state index in [0.717, 1.165) is 30.3 Å². The van der Waals surface area contributed by atoms with E-state index in [1.165, 1.54) is 0 Å². The van der Waals surface area contributed by atoms with Gasteiger partial charge in [0.2, 0.25) is 0 Å². The molecule has 0 unspecified atom stereocenters. The summed E-state index contributed by atoms with van der Waals surface area (Å²) >= 11 is 0. The van der Waals surface area contributed by atoms with Gasteiger partial charge < -0.3 is 14.6 Å². The molecule has 2 heterocycles. The molecule has 1 aromatic heterocycles. The summed E-state index contributed by atoms with van der Waals surface area (Å²) < 4.78 is 5.64. The summed E-state index contributed by atoms with van der Waals surface area (Å²) in [4.78, 5) is 35.2. The largest absolute Gasteiger partial charge is 0.458 e. The molecule has 1 aromatic carbocycles. The number of amides is 1. The van der Waals surface area contributed by atoms with E-state index in [0.29, 0.717) is 18.3 Å². The van der Waals surface area contributed by atoms with Crippen LogP contribution >= 0.6 is 0 Å². The summed E-state index contributed by atoms with van der Waals surface area (Å²) in [6.07, 6.45) is 3.15. The van der Waals surface area contributed by atoms with Crippen molar-refractivity contribution in [2.24, 2.45) is 11.8 Å². The Morgan fingerprint density at radius 1 is 1.23 bits per heavy atom. The number of nitrogens with zero attached hydrogens (tertiary/aromatic N) is 2. The Balaban J connectivity index is 1.64. The molecular weight excluding hydrogens is 330 g/mol. The number of carbonyl (C=O) groups excluding carboxylic acids is 2. The van der Waals surface area contributed by atoms with Crippen LogP contribution in [0.1, 0.15) is 50.7 Å². The first-order valence-corrected chi connectivity index (χ1v) is 9.32. The Labute approximate surface area is 152 Å². The highest BCUT2D eigenvalue weighted by Gasteiger charge is 2.51. The van der Waals surface area contributed by atoms with Gasteiger partial charge in [-0.1, -0.05) is 18.6 Å². The number of hydrogen-bond acceptors (Lipinski definition) is 4. The molecule has 2 aromatic rings. The van der Waals surface area contributed by atoms with Crippen LogP contribution in [0.2, 0.25) is 0 Å². The van der Waals surface area contributed by atoms with Crippen LogP contribution in [0, 0.1) is 11.8 Å². The van der Waals surface area contributed by atoms with E-state index >= 15 is 0 Å². The van der Waals surface area contributed by atoms with E-state index in [9.17, 15) is 9.59 Å². The molecule has 138 valence electrons. The first-order valence-electron chi connectivity index (χ1n) is 9.32. The predicted molar refractivity (Wildman–Crippen MR) is 97.6 cm³/mol. The number of nitrogens with one attached hydrogen (secondary N) is 1. The molecule has 6 heteroatoms. The third-order valence-electron chi connectivity index (χ3n) is 5.39. The van der Waals surface area contributed by atoms with Gasteiger partial charge in [-0.15, -0.1) is 0 Å². The number of esters is 1. The number of para-hydroxylation sites is 2. The van der Waals surface area contributed by atoms with Crippen molar-refractivity contribution in [2.45, 2.75) is 51.7 Å². The summed E-state index contributed by atoms with van der Waals surface area (Å²) in [5, 5.41) is 0. The summed E-state index contributed by atoms with van der Waals surface area (Å²) in [5.41, 5.74) is 1.01. The van der Waals surface area contributed by atoms with E-state index in [-0.39, 0.29) is 17.8 Å². The van der Waals surface area contributed by atoms with Crippen molar-refractivity contribution in [2.75, 3.05) is 6.54 Å². The van der Waals surface area contributed by atoms with Crippen LogP contribution < -0.4 is 0 Å². The van der Waals surface area contributed by atoms with Crippen LogP contribution in [0.4, 0.5) is 0 Å². The van der Waals surface area contributed by atoms with Crippen molar-refractivity contribution in [3.05, 3.63) is 30.1 Å². The fourth-order valence-corrected chi connectivity index (χ4v) is 4.37. The van der Waals surface area contributed by atoms with Crippen molar-refractivity contribution in [1.29, 1.82) is 0 Å². The van der Waals surface area contributed by atoms with E-state index in [1.54, 1.807) is 4.90 Å². The molecule has 0 bridgehead atoms. The van der Waals surface area contributed by atoms with Crippen molar-refractivity contribution in [3.8, 4) is 0 Å². The molecule has 1 saturated heterocycles. The van der Waals surface area contributed by atoms with E-state index < -0.39 is 11.6 Å². The average molecular weight is 355 g/mol. The average Bonchev–Trinajstić information content (AvgIpc) is 3.25.